The van der Waals surface area contributed by atoms with Gasteiger partial charge in [-0.05, 0) is 47.7 Å². The van der Waals surface area contributed by atoms with Crippen molar-refractivity contribution in [2.75, 3.05) is 25.6 Å². The van der Waals surface area contributed by atoms with Crippen molar-refractivity contribution in [1.29, 1.82) is 0 Å². The van der Waals surface area contributed by atoms with Crippen LogP contribution in [0.25, 0.3) is 0 Å². The number of anilines is 2. The Morgan fingerprint density at radius 1 is 1.31 bits per heavy atom. The van der Waals surface area contributed by atoms with Gasteiger partial charge in [0, 0.05) is 16.7 Å². The molecule has 4 heteroatoms. The van der Waals surface area contributed by atoms with Gasteiger partial charge in [0.05, 0.1) is 5.69 Å². The zero-order chi connectivity index (χ0) is 10.0. The first-order chi connectivity index (χ1) is 6.00. The molecule has 4 N–H and O–H groups in total. The van der Waals surface area contributed by atoms with Crippen molar-refractivity contribution in [3.05, 3.63) is 22.2 Å². The lowest BCUT2D eigenvalue weighted by atomic mass is 10.1. The van der Waals surface area contributed by atoms with Gasteiger partial charge in [-0.25, -0.2) is 0 Å². The second kappa shape index (κ2) is 3.98. The van der Waals surface area contributed by atoms with Gasteiger partial charge in [-0.15, -0.1) is 0 Å². The first-order valence-corrected chi connectivity index (χ1v) is 4.78. The van der Waals surface area contributed by atoms with Gasteiger partial charge in [-0.2, -0.15) is 0 Å². The molecule has 1 aromatic rings. The summed E-state index contributed by atoms with van der Waals surface area (Å²) in [6.07, 6.45) is 0. The largest absolute Gasteiger partial charge is 0.399 e. The third kappa shape index (κ3) is 2.60. The second-order valence-electron chi connectivity index (χ2n) is 3.31. The fraction of sp³-hybridized carbons (Fsp3) is 0.333. The van der Waals surface area contributed by atoms with E-state index < -0.39 is 0 Å². The average molecular weight is 244 g/mol. The van der Waals surface area contributed by atoms with Crippen molar-refractivity contribution in [2.45, 2.75) is 6.54 Å². The molecule has 0 bridgehead atoms. The SMILES string of the molecule is CN(C)Cc1cc(N)cc(Br)c1N. The third-order valence-corrected chi connectivity index (χ3v) is 2.38. The fourth-order valence-electron chi connectivity index (χ4n) is 1.17. The number of halogens is 1. The Balaban J connectivity index is 3.05. The maximum atomic E-state index is 5.87. The van der Waals surface area contributed by atoms with E-state index in [1.165, 1.54) is 0 Å². The molecule has 0 saturated carbocycles. The summed E-state index contributed by atoms with van der Waals surface area (Å²) < 4.78 is 0.865. The van der Waals surface area contributed by atoms with E-state index in [1.54, 1.807) is 0 Å². The average Bonchev–Trinajstić information content (AvgIpc) is 1.98. The quantitative estimate of drug-likeness (QED) is 0.778. The lowest BCUT2D eigenvalue weighted by molar-refractivity contribution is 0.403. The van der Waals surface area contributed by atoms with Crippen LogP contribution in [0.1, 0.15) is 5.56 Å². The van der Waals surface area contributed by atoms with Crippen LogP contribution >= 0.6 is 15.9 Å². The molecule has 0 spiro atoms. The van der Waals surface area contributed by atoms with Gasteiger partial charge in [-0.1, -0.05) is 0 Å². The Hall–Kier alpha value is -0.740. The summed E-state index contributed by atoms with van der Waals surface area (Å²) in [7, 11) is 3.99. The Labute approximate surface area is 86.8 Å². The molecule has 72 valence electrons. The Morgan fingerprint density at radius 2 is 1.92 bits per heavy atom. The highest BCUT2D eigenvalue weighted by Crippen LogP contribution is 2.27. The lowest BCUT2D eigenvalue weighted by Crippen LogP contribution is -2.12. The molecule has 0 fully saturated rings. The smallest absolute Gasteiger partial charge is 0.0505 e. The summed E-state index contributed by atoms with van der Waals surface area (Å²) in [4.78, 5) is 2.05. The van der Waals surface area contributed by atoms with Gasteiger partial charge < -0.3 is 16.4 Å². The summed E-state index contributed by atoms with van der Waals surface area (Å²) in [5, 5.41) is 0. The van der Waals surface area contributed by atoms with Crippen LogP contribution in [0.3, 0.4) is 0 Å². The molecule has 1 rings (SSSR count). The van der Waals surface area contributed by atoms with Crippen LogP contribution in [0.4, 0.5) is 11.4 Å². The lowest BCUT2D eigenvalue weighted by Gasteiger charge is -2.13. The molecule has 0 aromatic heterocycles. The van der Waals surface area contributed by atoms with Crippen LogP contribution in [0.2, 0.25) is 0 Å². The van der Waals surface area contributed by atoms with Crippen molar-refractivity contribution in [3.63, 3.8) is 0 Å². The first kappa shape index (κ1) is 10.3. The maximum Gasteiger partial charge on any atom is 0.0505 e. The molecule has 13 heavy (non-hydrogen) atoms. The number of benzene rings is 1. The van der Waals surface area contributed by atoms with E-state index in [0.29, 0.717) is 0 Å². The minimum Gasteiger partial charge on any atom is -0.399 e. The van der Waals surface area contributed by atoms with Gasteiger partial charge in [0.25, 0.3) is 0 Å². The molecule has 0 radical (unpaired) electrons. The minimum atomic E-state index is 0.734. The number of hydrogen-bond acceptors (Lipinski definition) is 3. The Morgan fingerprint density at radius 3 is 2.46 bits per heavy atom. The summed E-state index contributed by atoms with van der Waals surface area (Å²) in [5.41, 5.74) is 14.1. The Kier molecular flexibility index (Phi) is 3.17. The summed E-state index contributed by atoms with van der Waals surface area (Å²) >= 11 is 3.36. The number of hydrogen-bond donors (Lipinski definition) is 2. The van der Waals surface area contributed by atoms with Crippen LogP contribution in [0, 0.1) is 0 Å². The predicted octanol–water partition coefficient (Wildman–Crippen LogP) is 1.68. The molecular weight excluding hydrogens is 230 g/mol. The molecule has 0 aliphatic rings. The van der Waals surface area contributed by atoms with E-state index in [4.69, 9.17) is 11.5 Å². The highest BCUT2D eigenvalue weighted by Gasteiger charge is 2.05. The molecule has 0 heterocycles. The van der Waals surface area contributed by atoms with Crippen LogP contribution in [0.5, 0.6) is 0 Å². The Bertz CT molecular complexity index is 310. The van der Waals surface area contributed by atoms with E-state index >= 15 is 0 Å². The van der Waals surface area contributed by atoms with Crippen molar-refractivity contribution >= 4 is 27.3 Å². The third-order valence-electron chi connectivity index (χ3n) is 1.72. The van der Waals surface area contributed by atoms with Crippen LogP contribution in [-0.4, -0.2) is 19.0 Å². The van der Waals surface area contributed by atoms with Gasteiger partial charge in [-0.3, -0.25) is 0 Å². The van der Waals surface area contributed by atoms with E-state index in [-0.39, 0.29) is 0 Å². The summed E-state index contributed by atoms with van der Waals surface area (Å²) in [6.45, 7) is 0.801. The number of nitrogen functional groups attached to an aromatic ring is 2. The molecule has 3 nitrogen and oxygen atoms in total. The van der Waals surface area contributed by atoms with Crippen LogP contribution < -0.4 is 11.5 Å². The number of rotatable bonds is 2. The van der Waals surface area contributed by atoms with E-state index in [1.807, 2.05) is 26.2 Å². The molecule has 0 unspecified atom stereocenters. The molecular formula is C9H14BrN3. The highest BCUT2D eigenvalue weighted by atomic mass is 79.9. The van der Waals surface area contributed by atoms with Crippen molar-refractivity contribution in [3.8, 4) is 0 Å². The number of nitrogens with two attached hydrogens (primary N) is 2. The molecule has 0 saturated heterocycles. The molecule has 0 atom stereocenters. The van der Waals surface area contributed by atoms with Crippen molar-refractivity contribution in [2.24, 2.45) is 0 Å². The van der Waals surface area contributed by atoms with Gasteiger partial charge in [0.2, 0.25) is 0 Å². The highest BCUT2D eigenvalue weighted by molar-refractivity contribution is 9.10. The minimum absolute atomic E-state index is 0.734. The summed E-state index contributed by atoms with van der Waals surface area (Å²) in [6, 6.07) is 3.72. The molecule has 1 aromatic carbocycles. The van der Waals surface area contributed by atoms with Gasteiger partial charge in [0.15, 0.2) is 0 Å². The zero-order valence-corrected chi connectivity index (χ0v) is 9.43. The van der Waals surface area contributed by atoms with Crippen molar-refractivity contribution in [1.82, 2.24) is 4.90 Å². The zero-order valence-electron chi connectivity index (χ0n) is 7.84. The van der Waals surface area contributed by atoms with Gasteiger partial charge in [0.1, 0.15) is 0 Å². The normalized spacial score (nSPS) is 10.8. The van der Waals surface area contributed by atoms with Crippen LogP contribution in [0.15, 0.2) is 16.6 Å². The maximum absolute atomic E-state index is 5.87. The second-order valence-corrected chi connectivity index (χ2v) is 4.17. The first-order valence-electron chi connectivity index (χ1n) is 3.99. The van der Waals surface area contributed by atoms with Crippen molar-refractivity contribution < 1.29 is 0 Å². The molecule has 0 aliphatic carbocycles. The van der Waals surface area contributed by atoms with E-state index in [0.717, 1.165) is 28.0 Å². The monoisotopic (exact) mass is 243 g/mol. The van der Waals surface area contributed by atoms with E-state index in [2.05, 4.69) is 20.8 Å². The topological polar surface area (TPSA) is 55.3 Å². The summed E-state index contributed by atoms with van der Waals surface area (Å²) in [5.74, 6) is 0. The molecule has 0 amide bonds. The fourth-order valence-corrected chi connectivity index (χ4v) is 1.69. The van der Waals surface area contributed by atoms with Gasteiger partial charge >= 0.3 is 0 Å². The van der Waals surface area contributed by atoms with Crippen LogP contribution in [-0.2, 0) is 6.54 Å². The number of nitrogens with zero attached hydrogens (tertiary/aromatic N) is 1. The standard InChI is InChI=1S/C9H14BrN3/c1-13(2)5-6-3-7(11)4-8(10)9(6)12/h3-4H,5,11-12H2,1-2H3. The van der Waals surface area contributed by atoms with E-state index in [9.17, 15) is 0 Å². The predicted molar refractivity (Wildman–Crippen MR) is 60.4 cm³/mol. The molecule has 0 aliphatic heterocycles.